The predicted octanol–water partition coefficient (Wildman–Crippen LogP) is 2.07. The van der Waals surface area contributed by atoms with E-state index in [2.05, 4.69) is 10.6 Å². The number of amides is 1. The Morgan fingerprint density at radius 2 is 1.89 bits per heavy atom. The normalized spacial score (nSPS) is 31.2. The van der Waals surface area contributed by atoms with Crippen molar-refractivity contribution in [1.29, 1.82) is 0 Å². The molecule has 1 unspecified atom stereocenters. The van der Waals surface area contributed by atoms with E-state index in [4.69, 9.17) is 0 Å². The van der Waals surface area contributed by atoms with E-state index >= 15 is 0 Å². The molecule has 1 saturated heterocycles. The second-order valence-electron chi connectivity index (χ2n) is 6.62. The monoisotopic (exact) mass is 250 g/mol. The van der Waals surface area contributed by atoms with Crippen LogP contribution in [-0.4, -0.2) is 25.5 Å². The Morgan fingerprint density at radius 3 is 2.61 bits per heavy atom. The third-order valence-electron chi connectivity index (χ3n) is 5.40. The number of hydrogen-bond acceptors (Lipinski definition) is 2. The van der Waals surface area contributed by atoms with Gasteiger partial charge in [0, 0.05) is 12.5 Å². The van der Waals surface area contributed by atoms with Gasteiger partial charge in [-0.3, -0.25) is 4.79 Å². The van der Waals surface area contributed by atoms with Crippen LogP contribution < -0.4 is 10.6 Å². The van der Waals surface area contributed by atoms with Gasteiger partial charge in [-0.2, -0.15) is 0 Å². The molecule has 0 aromatic carbocycles. The van der Waals surface area contributed by atoms with Crippen molar-refractivity contribution >= 4 is 5.91 Å². The first-order chi connectivity index (χ1) is 8.80. The Labute approximate surface area is 110 Å². The van der Waals surface area contributed by atoms with Crippen LogP contribution in [0.2, 0.25) is 0 Å². The standard InChI is InChI=1S/C15H26N2O/c18-14(17-11-12-4-2-1-3-5-12)13-10-15(13)6-8-16-9-7-15/h12-13,16H,1-11H2,(H,17,18). The molecule has 2 saturated carbocycles. The molecule has 2 aliphatic carbocycles. The minimum absolute atomic E-state index is 0.336. The first-order valence-corrected chi connectivity index (χ1v) is 7.79. The molecular formula is C15H26N2O. The fraction of sp³-hybridized carbons (Fsp3) is 0.933. The summed E-state index contributed by atoms with van der Waals surface area (Å²) in [7, 11) is 0. The molecule has 0 bridgehead atoms. The number of rotatable bonds is 3. The molecule has 3 fully saturated rings. The van der Waals surface area contributed by atoms with Crippen LogP contribution in [0.4, 0.5) is 0 Å². The molecule has 1 atom stereocenters. The van der Waals surface area contributed by atoms with E-state index in [1.165, 1.54) is 44.9 Å². The molecule has 3 nitrogen and oxygen atoms in total. The van der Waals surface area contributed by atoms with Crippen molar-refractivity contribution in [2.45, 2.75) is 51.4 Å². The van der Waals surface area contributed by atoms with Crippen LogP contribution in [0, 0.1) is 17.3 Å². The van der Waals surface area contributed by atoms with Crippen molar-refractivity contribution in [2.24, 2.45) is 17.3 Å². The maximum atomic E-state index is 12.2. The first kappa shape index (κ1) is 12.5. The fourth-order valence-corrected chi connectivity index (χ4v) is 3.96. The van der Waals surface area contributed by atoms with E-state index in [0.29, 0.717) is 17.2 Å². The second-order valence-corrected chi connectivity index (χ2v) is 6.62. The van der Waals surface area contributed by atoms with Crippen molar-refractivity contribution in [2.75, 3.05) is 19.6 Å². The summed E-state index contributed by atoms with van der Waals surface area (Å²) in [5, 5.41) is 6.62. The molecule has 3 aliphatic rings. The molecule has 1 spiro atoms. The summed E-state index contributed by atoms with van der Waals surface area (Å²) in [5.41, 5.74) is 0.391. The van der Waals surface area contributed by atoms with E-state index in [9.17, 15) is 4.79 Å². The highest BCUT2D eigenvalue weighted by molar-refractivity contribution is 5.82. The SMILES string of the molecule is O=C(NCC1CCCCC1)C1CC12CCNCC2. The Balaban J connectivity index is 1.42. The van der Waals surface area contributed by atoms with Crippen LogP contribution >= 0.6 is 0 Å². The van der Waals surface area contributed by atoms with Gasteiger partial charge in [0.1, 0.15) is 0 Å². The number of nitrogens with one attached hydrogen (secondary N) is 2. The first-order valence-electron chi connectivity index (χ1n) is 7.79. The largest absolute Gasteiger partial charge is 0.356 e. The number of hydrogen-bond donors (Lipinski definition) is 2. The van der Waals surface area contributed by atoms with Gasteiger partial charge in [-0.15, -0.1) is 0 Å². The third-order valence-corrected chi connectivity index (χ3v) is 5.40. The highest BCUT2D eigenvalue weighted by Gasteiger charge is 2.57. The molecule has 1 amide bonds. The van der Waals surface area contributed by atoms with Gasteiger partial charge < -0.3 is 10.6 Å². The van der Waals surface area contributed by atoms with Crippen molar-refractivity contribution in [3.8, 4) is 0 Å². The average molecular weight is 250 g/mol. The number of carbonyl (C=O) groups excluding carboxylic acids is 1. The molecule has 3 heteroatoms. The van der Waals surface area contributed by atoms with Gasteiger partial charge in [0.25, 0.3) is 0 Å². The highest BCUT2D eigenvalue weighted by Crippen LogP contribution is 2.58. The topological polar surface area (TPSA) is 41.1 Å². The summed E-state index contributed by atoms with van der Waals surface area (Å²) < 4.78 is 0. The van der Waals surface area contributed by atoms with Gasteiger partial charge in [-0.25, -0.2) is 0 Å². The Bertz CT molecular complexity index is 304. The fourth-order valence-electron chi connectivity index (χ4n) is 3.96. The van der Waals surface area contributed by atoms with Gasteiger partial charge in [0.05, 0.1) is 0 Å². The summed E-state index contributed by atoms with van der Waals surface area (Å²) in [4.78, 5) is 12.2. The lowest BCUT2D eigenvalue weighted by molar-refractivity contribution is -0.123. The third kappa shape index (κ3) is 2.56. The predicted molar refractivity (Wildman–Crippen MR) is 72.2 cm³/mol. The van der Waals surface area contributed by atoms with Crippen LogP contribution in [0.15, 0.2) is 0 Å². The van der Waals surface area contributed by atoms with Crippen LogP contribution in [0.1, 0.15) is 51.4 Å². The Hall–Kier alpha value is -0.570. The molecule has 18 heavy (non-hydrogen) atoms. The molecule has 3 rings (SSSR count). The van der Waals surface area contributed by atoms with Gasteiger partial charge in [0.2, 0.25) is 5.91 Å². The molecule has 0 aromatic rings. The van der Waals surface area contributed by atoms with Crippen LogP contribution in [0.3, 0.4) is 0 Å². The van der Waals surface area contributed by atoms with Crippen molar-refractivity contribution in [3.63, 3.8) is 0 Å². The molecular weight excluding hydrogens is 224 g/mol. The quantitative estimate of drug-likeness (QED) is 0.805. The molecule has 2 N–H and O–H groups in total. The zero-order valence-electron chi connectivity index (χ0n) is 11.3. The summed E-state index contributed by atoms with van der Waals surface area (Å²) in [5.74, 6) is 1.44. The highest BCUT2D eigenvalue weighted by atomic mass is 16.2. The van der Waals surface area contributed by atoms with Crippen LogP contribution in [0.5, 0.6) is 0 Å². The maximum absolute atomic E-state index is 12.2. The number of piperidine rings is 1. The second kappa shape index (κ2) is 5.20. The maximum Gasteiger partial charge on any atom is 0.223 e. The molecule has 0 radical (unpaired) electrons. The minimum Gasteiger partial charge on any atom is -0.356 e. The minimum atomic E-state index is 0.336. The lowest BCUT2D eigenvalue weighted by Crippen LogP contribution is -2.35. The molecule has 102 valence electrons. The summed E-state index contributed by atoms with van der Waals surface area (Å²) >= 11 is 0. The summed E-state index contributed by atoms with van der Waals surface area (Å²) in [6.07, 6.45) is 10.3. The van der Waals surface area contributed by atoms with Gasteiger partial charge in [-0.05, 0) is 56.5 Å². The van der Waals surface area contributed by atoms with Crippen LogP contribution in [0.25, 0.3) is 0 Å². The van der Waals surface area contributed by atoms with Crippen molar-refractivity contribution in [1.82, 2.24) is 10.6 Å². The van der Waals surface area contributed by atoms with Crippen molar-refractivity contribution in [3.05, 3.63) is 0 Å². The van der Waals surface area contributed by atoms with Gasteiger partial charge >= 0.3 is 0 Å². The van der Waals surface area contributed by atoms with E-state index in [0.717, 1.165) is 32.0 Å². The summed E-state index contributed by atoms with van der Waals surface area (Å²) in [6, 6.07) is 0. The lowest BCUT2D eigenvalue weighted by atomic mass is 9.89. The van der Waals surface area contributed by atoms with E-state index < -0.39 is 0 Å². The van der Waals surface area contributed by atoms with Crippen molar-refractivity contribution < 1.29 is 4.79 Å². The smallest absolute Gasteiger partial charge is 0.223 e. The van der Waals surface area contributed by atoms with E-state index in [-0.39, 0.29) is 0 Å². The lowest BCUT2D eigenvalue weighted by Gasteiger charge is -2.24. The van der Waals surface area contributed by atoms with E-state index in [1.807, 2.05) is 0 Å². The molecule has 0 aromatic heterocycles. The molecule has 1 aliphatic heterocycles. The summed E-state index contributed by atoms with van der Waals surface area (Å²) in [6.45, 7) is 3.14. The Kier molecular flexibility index (Phi) is 3.60. The van der Waals surface area contributed by atoms with Gasteiger partial charge in [-0.1, -0.05) is 19.3 Å². The zero-order chi connectivity index (χ0) is 12.4. The Morgan fingerprint density at radius 1 is 1.17 bits per heavy atom. The number of carbonyl (C=O) groups is 1. The van der Waals surface area contributed by atoms with Crippen LogP contribution in [-0.2, 0) is 4.79 Å². The van der Waals surface area contributed by atoms with E-state index in [1.54, 1.807) is 0 Å². The van der Waals surface area contributed by atoms with Gasteiger partial charge in [0.15, 0.2) is 0 Å². The average Bonchev–Trinajstić information content (AvgIpc) is 3.12. The zero-order valence-corrected chi connectivity index (χ0v) is 11.3. The molecule has 1 heterocycles.